The largest absolute Gasteiger partial charge is 0.453 e. The zero-order valence-electron chi connectivity index (χ0n) is 42.9. The van der Waals surface area contributed by atoms with Gasteiger partial charge in [0.05, 0.1) is 60.5 Å². The molecule has 16 nitrogen and oxygen atoms in total. The molecular weight excluding hydrogens is 947 g/mol. The van der Waals surface area contributed by atoms with Crippen molar-refractivity contribution in [2.75, 3.05) is 50.2 Å². The number of carbonyl (C=O) groups excluding carboxylic acids is 4. The SMILES string of the molecule is COC(=O)NC(C(=O)N1CCC[C@H]1c1nc2ccc([C@H]3CC[C@H](c4ccc5[nH]c([C@@H]6CCCN6C(=O)[C@@H](NC(=O)OC)C(C)C)nc5c4)N3c3cc(F)c(N4CCC(c5ccccc5)C4)c(F)c3)cc2[nH]1)C(C)C. The molecular formula is C56H66F2N10O6. The Bertz CT molecular complexity index is 2880. The summed E-state index contributed by atoms with van der Waals surface area (Å²) in [4.78, 5) is 77.0. The Morgan fingerprint density at radius 3 is 1.72 bits per heavy atom. The molecule has 74 heavy (non-hydrogen) atoms. The summed E-state index contributed by atoms with van der Waals surface area (Å²) in [6.45, 7) is 9.61. The highest BCUT2D eigenvalue weighted by molar-refractivity contribution is 5.88. The van der Waals surface area contributed by atoms with E-state index in [4.69, 9.17) is 19.4 Å². The Kier molecular flexibility index (Phi) is 14.2. The predicted octanol–water partition coefficient (Wildman–Crippen LogP) is 9.88. The van der Waals surface area contributed by atoms with E-state index in [2.05, 4.69) is 43.7 Å². The summed E-state index contributed by atoms with van der Waals surface area (Å²) in [5, 5.41) is 5.43. The number of anilines is 2. The van der Waals surface area contributed by atoms with Gasteiger partial charge in [0.2, 0.25) is 11.8 Å². The van der Waals surface area contributed by atoms with Crippen LogP contribution in [0.5, 0.6) is 0 Å². The number of amides is 4. The Morgan fingerprint density at radius 1 is 0.608 bits per heavy atom. The van der Waals surface area contributed by atoms with E-state index in [9.17, 15) is 19.2 Å². The Hall–Kier alpha value is -7.24. The molecule has 4 amide bonds. The fourth-order valence-electron chi connectivity index (χ4n) is 12.0. The monoisotopic (exact) mass is 1010 g/mol. The minimum absolute atomic E-state index is 0.0168. The topological polar surface area (TPSA) is 181 Å². The third kappa shape index (κ3) is 9.70. The first-order valence-electron chi connectivity index (χ1n) is 26.1. The van der Waals surface area contributed by atoms with Gasteiger partial charge in [0.25, 0.3) is 0 Å². The highest BCUT2D eigenvalue weighted by Gasteiger charge is 2.41. The molecule has 4 aliphatic rings. The maximum Gasteiger partial charge on any atom is 0.407 e. The quantitative estimate of drug-likeness (QED) is 0.0870. The fraction of sp³-hybridized carbons (Fsp3) is 0.464. The van der Waals surface area contributed by atoms with E-state index in [1.54, 1.807) is 9.80 Å². The number of carbonyl (C=O) groups is 4. The maximum atomic E-state index is 16.8. The molecule has 0 aliphatic carbocycles. The molecule has 0 bridgehead atoms. The number of likely N-dealkylation sites (tertiary alicyclic amines) is 2. The van der Waals surface area contributed by atoms with Crippen LogP contribution in [0.4, 0.5) is 29.7 Å². The van der Waals surface area contributed by atoms with Crippen LogP contribution >= 0.6 is 0 Å². The molecule has 10 rings (SSSR count). The first-order valence-corrected chi connectivity index (χ1v) is 26.1. The number of fused-ring (bicyclic) bond motifs is 2. The van der Waals surface area contributed by atoms with Crippen molar-refractivity contribution in [3.63, 3.8) is 0 Å². The van der Waals surface area contributed by atoms with Gasteiger partial charge in [-0.1, -0.05) is 70.2 Å². The first kappa shape index (κ1) is 50.3. The number of aromatic amines is 2. The number of ether oxygens (including phenoxy) is 2. The number of alkyl carbamates (subject to hydrolysis) is 2. The number of hydrogen-bond donors (Lipinski definition) is 4. The van der Waals surface area contributed by atoms with E-state index < -0.39 is 35.9 Å². The van der Waals surface area contributed by atoms with Gasteiger partial charge in [-0.3, -0.25) is 9.59 Å². The zero-order chi connectivity index (χ0) is 51.9. The van der Waals surface area contributed by atoms with Crippen molar-refractivity contribution in [3.05, 3.63) is 119 Å². The Balaban J connectivity index is 0.972. The van der Waals surface area contributed by atoms with Crippen molar-refractivity contribution in [2.24, 2.45) is 11.8 Å². The Labute approximate surface area is 429 Å². The second kappa shape index (κ2) is 20.9. The van der Waals surface area contributed by atoms with Gasteiger partial charge in [-0.25, -0.2) is 28.3 Å². The van der Waals surface area contributed by atoms with Crippen LogP contribution in [0.1, 0.15) is 131 Å². The van der Waals surface area contributed by atoms with Gasteiger partial charge in [-0.15, -0.1) is 0 Å². The van der Waals surface area contributed by atoms with Crippen molar-refractivity contribution in [1.82, 2.24) is 40.4 Å². The van der Waals surface area contributed by atoms with Gasteiger partial charge < -0.3 is 49.7 Å². The number of imidazole rings is 2. The second-order valence-corrected chi connectivity index (χ2v) is 21.0. The van der Waals surface area contributed by atoms with Gasteiger partial charge in [0, 0.05) is 37.8 Å². The molecule has 4 fully saturated rings. The van der Waals surface area contributed by atoms with Crippen LogP contribution in [0.2, 0.25) is 0 Å². The first-order chi connectivity index (χ1) is 35.7. The summed E-state index contributed by atoms with van der Waals surface area (Å²) >= 11 is 0. The van der Waals surface area contributed by atoms with Gasteiger partial charge >= 0.3 is 12.2 Å². The minimum Gasteiger partial charge on any atom is -0.453 e. The van der Waals surface area contributed by atoms with E-state index in [-0.39, 0.29) is 59.4 Å². The van der Waals surface area contributed by atoms with Gasteiger partial charge in [-0.2, -0.15) is 0 Å². The molecule has 0 saturated carbocycles. The third-order valence-electron chi connectivity index (χ3n) is 15.8. The number of methoxy groups -OCH3 is 2. The molecule has 6 aromatic rings. The molecule has 4 saturated heterocycles. The predicted molar refractivity (Wildman–Crippen MR) is 277 cm³/mol. The van der Waals surface area contributed by atoms with Crippen molar-refractivity contribution >= 4 is 57.4 Å². The number of rotatable bonds is 13. The fourth-order valence-corrected chi connectivity index (χ4v) is 12.0. The van der Waals surface area contributed by atoms with E-state index in [1.807, 2.05) is 81.1 Å². The smallest absolute Gasteiger partial charge is 0.407 e. The lowest BCUT2D eigenvalue weighted by atomic mass is 9.99. The summed E-state index contributed by atoms with van der Waals surface area (Å²) in [7, 11) is 2.55. The average Bonchev–Trinajstić information content (AvgIpc) is 4.26. The highest BCUT2D eigenvalue weighted by Crippen LogP contribution is 2.49. The molecule has 4 aromatic carbocycles. The number of H-pyrrole nitrogens is 2. The summed E-state index contributed by atoms with van der Waals surface area (Å²) < 4.78 is 43.3. The van der Waals surface area contributed by atoms with Crippen LogP contribution < -0.4 is 20.4 Å². The molecule has 7 atom stereocenters. The molecule has 2 aromatic heterocycles. The number of benzene rings is 4. The highest BCUT2D eigenvalue weighted by atomic mass is 19.1. The number of nitrogens with zero attached hydrogens (tertiary/aromatic N) is 6. The lowest BCUT2D eigenvalue weighted by Crippen LogP contribution is -2.51. The second-order valence-electron chi connectivity index (χ2n) is 21.0. The molecule has 4 N–H and O–H groups in total. The number of hydrogen-bond acceptors (Lipinski definition) is 10. The third-order valence-corrected chi connectivity index (χ3v) is 15.8. The van der Waals surface area contributed by atoms with Gasteiger partial charge in [0.15, 0.2) is 11.6 Å². The van der Waals surface area contributed by atoms with Gasteiger partial charge in [-0.05, 0) is 110 Å². The van der Waals surface area contributed by atoms with Crippen LogP contribution in [0.3, 0.4) is 0 Å². The maximum absolute atomic E-state index is 16.8. The molecule has 18 heteroatoms. The molecule has 2 unspecified atom stereocenters. The van der Waals surface area contributed by atoms with Crippen LogP contribution in [0, 0.1) is 23.5 Å². The van der Waals surface area contributed by atoms with Crippen LogP contribution in [0.15, 0.2) is 78.9 Å². The summed E-state index contributed by atoms with van der Waals surface area (Å²) in [5.74, 6) is -0.521. The van der Waals surface area contributed by atoms with E-state index in [0.717, 1.165) is 52.5 Å². The number of aromatic nitrogens is 4. The van der Waals surface area contributed by atoms with E-state index in [1.165, 1.54) is 26.4 Å². The average molecular weight is 1010 g/mol. The van der Waals surface area contributed by atoms with Crippen LogP contribution in [-0.2, 0) is 19.1 Å². The molecule has 4 aliphatic heterocycles. The lowest BCUT2D eigenvalue weighted by Gasteiger charge is -2.34. The summed E-state index contributed by atoms with van der Waals surface area (Å²) in [5.41, 5.74) is 6.40. The summed E-state index contributed by atoms with van der Waals surface area (Å²) in [6, 6.07) is 22.3. The Morgan fingerprint density at radius 2 is 1.15 bits per heavy atom. The van der Waals surface area contributed by atoms with E-state index >= 15 is 8.78 Å². The normalized spacial score (nSPS) is 21.8. The molecule has 0 radical (unpaired) electrons. The van der Waals surface area contributed by atoms with Crippen LogP contribution in [-0.4, -0.2) is 106 Å². The number of nitrogens with one attached hydrogen (secondary N) is 4. The lowest BCUT2D eigenvalue weighted by molar-refractivity contribution is -0.136. The van der Waals surface area contributed by atoms with Crippen molar-refractivity contribution in [2.45, 2.75) is 115 Å². The molecule has 390 valence electrons. The summed E-state index contributed by atoms with van der Waals surface area (Å²) in [6.07, 6.45) is 3.74. The van der Waals surface area contributed by atoms with Crippen molar-refractivity contribution in [1.29, 1.82) is 0 Å². The van der Waals surface area contributed by atoms with E-state index in [0.29, 0.717) is 74.7 Å². The zero-order valence-corrected chi connectivity index (χ0v) is 42.9. The van der Waals surface area contributed by atoms with Crippen molar-refractivity contribution < 1.29 is 37.4 Å². The minimum atomic E-state index is -0.768. The van der Waals surface area contributed by atoms with Gasteiger partial charge in [0.1, 0.15) is 29.4 Å². The van der Waals surface area contributed by atoms with Crippen LogP contribution in [0.25, 0.3) is 22.1 Å². The standard InChI is InChI=1S/C56H66F2N10O6/c1-31(2)48(63-55(71)73-5)53(69)66-23-10-14-46(66)51-59-40-18-16-34(26-42(40)61-51)44-20-21-45(68(44)37-28-38(57)50(39(58)29-37)65-25-22-36(30-65)33-12-8-7-9-13-33)35-17-19-41-43(27-35)62-52(60-41)47-15-11-24-67(47)54(70)49(32(3)4)64-56(72)74-6/h7-9,12-13,16-19,26-29,31-32,36,44-49H,10-11,14-15,20-25,30H2,1-6H3,(H,59,61)(H,60,62)(H,63,71)(H,64,72)/t36?,44-,45-,46+,47+,48+,49?/m1/s1. The number of halogens is 2. The van der Waals surface area contributed by atoms with Crippen molar-refractivity contribution in [3.8, 4) is 0 Å². The molecule has 6 heterocycles. The molecule has 0 spiro atoms.